The van der Waals surface area contributed by atoms with E-state index in [2.05, 4.69) is 5.32 Å². The van der Waals surface area contributed by atoms with Crippen LogP contribution in [-0.4, -0.2) is 48.8 Å². The third-order valence-electron chi connectivity index (χ3n) is 4.27. The van der Waals surface area contributed by atoms with Crippen LogP contribution in [0.5, 0.6) is 0 Å². The summed E-state index contributed by atoms with van der Waals surface area (Å²) in [6, 6.07) is 3.87. The van der Waals surface area contributed by atoms with Crippen molar-refractivity contribution in [3.05, 3.63) is 29.3 Å². The smallest absolute Gasteiger partial charge is 0.308 e. The normalized spacial score (nSPS) is 14.2. The van der Waals surface area contributed by atoms with E-state index in [9.17, 15) is 18.0 Å². The minimum Gasteiger partial charge on any atom is -0.481 e. The lowest BCUT2D eigenvalue weighted by molar-refractivity contribution is -0.141. The molecule has 0 aliphatic heterocycles. The van der Waals surface area contributed by atoms with Gasteiger partial charge < -0.3 is 10.4 Å². The van der Waals surface area contributed by atoms with Crippen LogP contribution in [0.4, 0.5) is 0 Å². The third-order valence-corrected chi connectivity index (χ3v) is 6.46. The molecular weight excluding hydrogens is 344 g/mol. The molecule has 1 aromatic rings. The van der Waals surface area contributed by atoms with Gasteiger partial charge in [0.15, 0.2) is 0 Å². The first kappa shape index (κ1) is 21.1. The molecule has 0 saturated carbocycles. The summed E-state index contributed by atoms with van der Waals surface area (Å²) in [4.78, 5) is 23.4. The van der Waals surface area contributed by atoms with Gasteiger partial charge in [-0.2, -0.15) is 4.31 Å². The Morgan fingerprint density at radius 3 is 2.24 bits per heavy atom. The molecule has 1 rings (SSSR count). The van der Waals surface area contributed by atoms with Gasteiger partial charge in [0, 0.05) is 24.7 Å². The van der Waals surface area contributed by atoms with Gasteiger partial charge in [0.1, 0.15) is 0 Å². The van der Waals surface area contributed by atoms with Crippen LogP contribution < -0.4 is 5.32 Å². The van der Waals surface area contributed by atoms with Crippen LogP contribution in [0, 0.1) is 12.8 Å². The van der Waals surface area contributed by atoms with Crippen LogP contribution in [0.25, 0.3) is 0 Å². The van der Waals surface area contributed by atoms with Gasteiger partial charge in [-0.15, -0.1) is 0 Å². The molecule has 7 nitrogen and oxygen atoms in total. The average Bonchev–Trinajstić information content (AvgIpc) is 2.54. The molecule has 0 radical (unpaired) electrons. The first-order valence-corrected chi connectivity index (χ1v) is 9.64. The lowest BCUT2D eigenvalue weighted by Crippen LogP contribution is -2.40. The summed E-state index contributed by atoms with van der Waals surface area (Å²) in [6.45, 7) is 8.94. The Morgan fingerprint density at radius 2 is 1.76 bits per heavy atom. The second kappa shape index (κ2) is 8.44. The van der Waals surface area contributed by atoms with Crippen LogP contribution in [0.1, 0.15) is 43.6 Å². The van der Waals surface area contributed by atoms with Crippen molar-refractivity contribution in [2.45, 2.75) is 45.6 Å². The molecule has 25 heavy (non-hydrogen) atoms. The molecule has 1 aromatic carbocycles. The average molecular weight is 370 g/mol. The highest BCUT2D eigenvalue weighted by Gasteiger charge is 2.26. The summed E-state index contributed by atoms with van der Waals surface area (Å²) in [5, 5.41) is 11.6. The van der Waals surface area contributed by atoms with Crippen molar-refractivity contribution in [3.8, 4) is 0 Å². The predicted molar refractivity (Wildman–Crippen MR) is 95.0 cm³/mol. The highest BCUT2D eigenvalue weighted by atomic mass is 32.2. The Balaban J connectivity index is 3.17. The highest BCUT2D eigenvalue weighted by Crippen LogP contribution is 2.21. The van der Waals surface area contributed by atoms with Crippen molar-refractivity contribution in [3.63, 3.8) is 0 Å². The van der Waals surface area contributed by atoms with Crippen LogP contribution in [-0.2, 0) is 14.8 Å². The topological polar surface area (TPSA) is 104 Å². The number of carboxylic acids is 1. The largest absolute Gasteiger partial charge is 0.481 e. The molecule has 0 fully saturated rings. The summed E-state index contributed by atoms with van der Waals surface area (Å²) in [6.07, 6.45) is 0. The molecule has 0 bridgehead atoms. The monoisotopic (exact) mass is 370 g/mol. The van der Waals surface area contributed by atoms with E-state index in [1.165, 1.54) is 23.4 Å². The van der Waals surface area contributed by atoms with Gasteiger partial charge in [0.25, 0.3) is 5.91 Å². The van der Waals surface area contributed by atoms with Crippen molar-refractivity contribution in [1.82, 2.24) is 9.62 Å². The number of aryl methyl sites for hydroxylation is 1. The number of nitrogens with zero attached hydrogens (tertiary/aromatic N) is 1. The Bertz CT molecular complexity index is 741. The number of carbonyl (C=O) groups excluding carboxylic acids is 1. The molecule has 8 heteroatoms. The van der Waals surface area contributed by atoms with E-state index in [0.717, 1.165) is 0 Å². The number of carboxylic acid groups (broad SMARTS) is 1. The number of sulfonamides is 1. The third kappa shape index (κ3) is 4.79. The van der Waals surface area contributed by atoms with Gasteiger partial charge in [-0.1, -0.05) is 19.9 Å². The molecule has 140 valence electrons. The standard InChI is InChI=1S/C17H26N2O5S/c1-6-19(7-2)25(23,24)15-10-14(9-8-11(15)3)16(20)18-13(5)12(4)17(21)22/h8-10,12-13H,6-7H2,1-5H3,(H,18,20)(H,21,22). The van der Waals surface area contributed by atoms with E-state index in [1.54, 1.807) is 33.8 Å². The predicted octanol–water partition coefficient (Wildman–Crippen LogP) is 1.86. The lowest BCUT2D eigenvalue weighted by atomic mass is 10.0. The second-order valence-electron chi connectivity index (χ2n) is 5.96. The molecule has 0 aliphatic carbocycles. The molecule has 0 aliphatic rings. The first-order valence-electron chi connectivity index (χ1n) is 8.20. The summed E-state index contributed by atoms with van der Waals surface area (Å²) in [5.74, 6) is -2.27. The number of hydrogen-bond acceptors (Lipinski definition) is 4. The van der Waals surface area contributed by atoms with E-state index in [-0.39, 0.29) is 10.5 Å². The molecule has 2 N–H and O–H groups in total. The maximum absolute atomic E-state index is 12.7. The Morgan fingerprint density at radius 1 is 1.20 bits per heavy atom. The van der Waals surface area contributed by atoms with Gasteiger partial charge >= 0.3 is 5.97 Å². The highest BCUT2D eigenvalue weighted by molar-refractivity contribution is 7.89. The number of aliphatic carboxylic acids is 1. The summed E-state index contributed by atoms with van der Waals surface area (Å²) >= 11 is 0. The SMILES string of the molecule is CCN(CC)S(=O)(=O)c1cc(C(=O)NC(C)C(C)C(=O)O)ccc1C. The number of rotatable bonds is 8. The van der Waals surface area contributed by atoms with Crippen molar-refractivity contribution in [2.24, 2.45) is 5.92 Å². The molecule has 1 amide bonds. The fourth-order valence-electron chi connectivity index (χ4n) is 2.35. The maximum Gasteiger partial charge on any atom is 0.308 e. The van der Waals surface area contributed by atoms with E-state index in [0.29, 0.717) is 18.7 Å². The van der Waals surface area contributed by atoms with Crippen molar-refractivity contribution < 1.29 is 23.1 Å². The van der Waals surface area contributed by atoms with Gasteiger partial charge in [0.05, 0.1) is 10.8 Å². The molecule has 0 heterocycles. The first-order chi connectivity index (χ1) is 11.6. The summed E-state index contributed by atoms with van der Waals surface area (Å²) in [7, 11) is -3.69. The van der Waals surface area contributed by atoms with Gasteiger partial charge in [-0.05, 0) is 38.5 Å². The molecule has 0 spiro atoms. The van der Waals surface area contributed by atoms with Crippen LogP contribution >= 0.6 is 0 Å². The number of carbonyl (C=O) groups is 2. The Hall–Kier alpha value is -1.93. The van der Waals surface area contributed by atoms with E-state index in [4.69, 9.17) is 5.11 Å². The van der Waals surface area contributed by atoms with Crippen LogP contribution in [0.2, 0.25) is 0 Å². The number of benzene rings is 1. The zero-order valence-corrected chi connectivity index (χ0v) is 16.1. The van der Waals surface area contributed by atoms with Gasteiger partial charge in [-0.25, -0.2) is 8.42 Å². The molecular formula is C17H26N2O5S. The molecule has 0 aromatic heterocycles. The van der Waals surface area contributed by atoms with Crippen LogP contribution in [0.3, 0.4) is 0 Å². The second-order valence-corrected chi connectivity index (χ2v) is 7.87. The fourth-order valence-corrected chi connectivity index (χ4v) is 4.06. The maximum atomic E-state index is 12.7. The zero-order chi connectivity index (χ0) is 19.4. The Labute approximate surface area is 149 Å². The lowest BCUT2D eigenvalue weighted by Gasteiger charge is -2.21. The van der Waals surface area contributed by atoms with E-state index < -0.39 is 33.9 Å². The zero-order valence-electron chi connectivity index (χ0n) is 15.2. The van der Waals surface area contributed by atoms with Crippen LogP contribution in [0.15, 0.2) is 23.1 Å². The minimum absolute atomic E-state index is 0.0859. The molecule has 2 atom stereocenters. The molecule has 0 saturated heterocycles. The van der Waals surface area contributed by atoms with Crippen molar-refractivity contribution in [2.75, 3.05) is 13.1 Å². The number of amides is 1. The van der Waals surface area contributed by atoms with E-state index in [1.807, 2.05) is 0 Å². The number of hydrogen-bond donors (Lipinski definition) is 2. The molecule has 2 unspecified atom stereocenters. The van der Waals surface area contributed by atoms with Crippen molar-refractivity contribution in [1.29, 1.82) is 0 Å². The minimum atomic E-state index is -3.69. The fraction of sp³-hybridized carbons (Fsp3) is 0.529. The quantitative estimate of drug-likeness (QED) is 0.727. The summed E-state index contributed by atoms with van der Waals surface area (Å²) < 4.78 is 26.8. The number of nitrogens with one attached hydrogen (secondary N) is 1. The van der Waals surface area contributed by atoms with Gasteiger partial charge in [0.2, 0.25) is 10.0 Å². The van der Waals surface area contributed by atoms with Crippen molar-refractivity contribution >= 4 is 21.9 Å². The van der Waals surface area contributed by atoms with Gasteiger partial charge in [-0.3, -0.25) is 9.59 Å². The van der Waals surface area contributed by atoms with E-state index >= 15 is 0 Å². The summed E-state index contributed by atoms with van der Waals surface area (Å²) in [5.41, 5.74) is 0.733. The Kier molecular flexibility index (Phi) is 7.13.